The third-order valence-corrected chi connectivity index (χ3v) is 1.69. The van der Waals surface area contributed by atoms with Crippen molar-refractivity contribution >= 4 is 0 Å². The summed E-state index contributed by atoms with van der Waals surface area (Å²) in [6, 6.07) is 0. The van der Waals surface area contributed by atoms with E-state index in [0.29, 0.717) is 16.5 Å². The molecule has 0 aromatic carbocycles. The van der Waals surface area contributed by atoms with Gasteiger partial charge in [0, 0.05) is 0 Å². The average Bonchev–Trinajstić information content (AvgIpc) is 2.35. The Hall–Kier alpha value is -1.06. The van der Waals surface area contributed by atoms with Gasteiger partial charge in [-0.05, 0) is 12.3 Å². The van der Waals surface area contributed by atoms with Gasteiger partial charge in [-0.25, -0.2) is 0 Å². The number of hydrogen-bond donors (Lipinski definition) is 1. The Balaban J connectivity index is 2.50. The van der Waals surface area contributed by atoms with Gasteiger partial charge in [-0.1, -0.05) is 29.8 Å². The molecule has 1 atom stereocenters. The van der Waals surface area contributed by atoms with E-state index in [4.69, 9.17) is 5.21 Å². The quantitative estimate of drug-likeness (QED) is 0.514. The summed E-state index contributed by atoms with van der Waals surface area (Å²) < 4.78 is 4.38. The number of rotatable bonds is 3. The van der Waals surface area contributed by atoms with Gasteiger partial charge in [-0.3, -0.25) is 0 Å². The highest BCUT2D eigenvalue weighted by atomic mass is 16.8. The van der Waals surface area contributed by atoms with E-state index in [-0.39, 0.29) is 0 Å². The largest absolute Gasteiger partial charge is 0.348 e. The minimum atomic E-state index is 0.498. The van der Waals surface area contributed by atoms with Crippen molar-refractivity contribution in [2.45, 2.75) is 26.7 Å². The first-order valence-corrected chi connectivity index (χ1v) is 3.72. The molecule has 1 N–H and O–H groups in total. The van der Waals surface area contributed by atoms with Crippen LogP contribution in [0.5, 0.6) is 0 Å². The summed E-state index contributed by atoms with van der Waals surface area (Å²) in [5, 5.41) is 12.3. The maximum Gasteiger partial charge on any atom is 0.119 e. The molecule has 0 aliphatic rings. The molecular formula is C7H12N2O2. The monoisotopic (exact) mass is 156 g/mol. The van der Waals surface area contributed by atoms with E-state index in [0.717, 1.165) is 12.8 Å². The van der Waals surface area contributed by atoms with Crippen molar-refractivity contribution in [1.29, 1.82) is 0 Å². The normalized spacial score (nSPS) is 13.3. The summed E-state index contributed by atoms with van der Waals surface area (Å²) >= 11 is 0. The predicted molar refractivity (Wildman–Crippen MR) is 35.9 cm³/mol. The Morgan fingerprint density at radius 1 is 1.82 bits per heavy atom. The zero-order valence-electron chi connectivity index (χ0n) is 6.74. The van der Waals surface area contributed by atoms with Gasteiger partial charge < -0.3 is 5.21 Å². The first kappa shape index (κ1) is 8.04. The van der Waals surface area contributed by atoms with Gasteiger partial charge in [0.25, 0.3) is 0 Å². The molecule has 0 amide bonds. The summed E-state index contributed by atoms with van der Waals surface area (Å²) in [5.74, 6) is 0.552. The van der Waals surface area contributed by atoms with E-state index >= 15 is 0 Å². The fourth-order valence-corrected chi connectivity index (χ4v) is 0.796. The van der Waals surface area contributed by atoms with Crippen molar-refractivity contribution < 1.29 is 14.7 Å². The van der Waals surface area contributed by atoms with Crippen LogP contribution in [0.3, 0.4) is 0 Å². The molecule has 1 heterocycles. The molecule has 4 nitrogen and oxygen atoms in total. The van der Waals surface area contributed by atoms with Crippen molar-refractivity contribution in [1.82, 2.24) is 5.16 Å². The Morgan fingerprint density at radius 2 is 2.55 bits per heavy atom. The van der Waals surface area contributed by atoms with E-state index in [1.54, 1.807) is 0 Å². The van der Waals surface area contributed by atoms with Crippen LogP contribution in [0.15, 0.2) is 4.63 Å². The summed E-state index contributed by atoms with van der Waals surface area (Å²) in [6.07, 6.45) is 4.42. The molecule has 0 radical (unpaired) electrons. The molecule has 0 bridgehead atoms. The molecule has 0 aliphatic heterocycles. The predicted octanol–water partition coefficient (Wildman–Crippen LogP) is 0.588. The van der Waals surface area contributed by atoms with E-state index in [9.17, 15) is 0 Å². The van der Waals surface area contributed by atoms with Crippen molar-refractivity contribution in [2.24, 2.45) is 5.92 Å². The van der Waals surface area contributed by atoms with Gasteiger partial charge in [0.15, 0.2) is 0 Å². The van der Waals surface area contributed by atoms with Gasteiger partial charge in [0.1, 0.15) is 5.16 Å². The highest BCUT2D eigenvalue weighted by molar-refractivity contribution is 4.85. The van der Waals surface area contributed by atoms with Crippen molar-refractivity contribution in [3.05, 3.63) is 11.9 Å². The van der Waals surface area contributed by atoms with E-state index < -0.39 is 0 Å². The molecule has 0 spiro atoms. The zero-order chi connectivity index (χ0) is 8.27. The minimum Gasteiger partial charge on any atom is -0.348 e. The van der Waals surface area contributed by atoms with Crippen LogP contribution in [-0.2, 0) is 6.42 Å². The molecule has 4 heteroatoms. The molecule has 0 fully saturated rings. The second-order valence-corrected chi connectivity index (χ2v) is 2.72. The van der Waals surface area contributed by atoms with E-state index in [2.05, 4.69) is 29.8 Å². The van der Waals surface area contributed by atoms with Crippen LogP contribution < -0.4 is 4.90 Å². The van der Waals surface area contributed by atoms with Crippen LogP contribution in [0, 0.1) is 12.1 Å². The van der Waals surface area contributed by atoms with Crippen LogP contribution in [0.2, 0.25) is 0 Å². The van der Waals surface area contributed by atoms with Gasteiger partial charge in [-0.2, -0.15) is 0 Å². The maximum atomic E-state index is 8.67. The lowest BCUT2D eigenvalue weighted by molar-refractivity contribution is -1.04. The van der Waals surface area contributed by atoms with Crippen LogP contribution in [0.1, 0.15) is 26.0 Å². The fourth-order valence-electron chi connectivity index (χ4n) is 0.796. The van der Waals surface area contributed by atoms with Crippen LogP contribution in [0.25, 0.3) is 0 Å². The SMILES string of the molecule is CCC(C)Cc1[c-][n+](O)on1. The molecule has 1 aromatic rings. The first-order chi connectivity index (χ1) is 5.22. The van der Waals surface area contributed by atoms with Crippen LogP contribution in [0.4, 0.5) is 0 Å². The third kappa shape index (κ3) is 2.22. The van der Waals surface area contributed by atoms with Crippen LogP contribution >= 0.6 is 0 Å². The minimum absolute atomic E-state index is 0.498. The second kappa shape index (κ2) is 3.37. The van der Waals surface area contributed by atoms with Crippen molar-refractivity contribution in [3.63, 3.8) is 0 Å². The number of nitrogens with zero attached hydrogens (tertiary/aromatic N) is 2. The first-order valence-electron chi connectivity index (χ1n) is 3.72. The summed E-state index contributed by atoms with van der Waals surface area (Å²) in [6.45, 7) is 4.22. The van der Waals surface area contributed by atoms with Gasteiger partial charge >= 0.3 is 0 Å². The second-order valence-electron chi connectivity index (χ2n) is 2.72. The van der Waals surface area contributed by atoms with Crippen molar-refractivity contribution in [3.8, 4) is 0 Å². The molecule has 0 aliphatic carbocycles. The Kier molecular flexibility index (Phi) is 2.46. The topological polar surface area (TPSA) is 50.1 Å². The maximum absolute atomic E-state index is 8.67. The molecule has 1 aromatic heterocycles. The fraction of sp³-hybridized carbons (Fsp3) is 0.714. The van der Waals surface area contributed by atoms with Gasteiger partial charge in [0.05, 0.1) is 5.69 Å². The molecule has 0 saturated carbocycles. The van der Waals surface area contributed by atoms with Crippen LogP contribution in [-0.4, -0.2) is 10.4 Å². The lowest BCUT2D eigenvalue weighted by Crippen LogP contribution is -2.26. The Morgan fingerprint density at radius 3 is 3.00 bits per heavy atom. The lowest BCUT2D eigenvalue weighted by atomic mass is 10.0. The van der Waals surface area contributed by atoms with E-state index in [1.807, 2.05) is 0 Å². The number of aromatic nitrogens is 2. The smallest absolute Gasteiger partial charge is 0.119 e. The average molecular weight is 156 g/mol. The molecule has 0 saturated heterocycles. The van der Waals surface area contributed by atoms with Gasteiger partial charge in [-0.15, -0.1) is 6.20 Å². The molecule has 1 unspecified atom stereocenters. The molecular weight excluding hydrogens is 144 g/mol. The lowest BCUT2D eigenvalue weighted by Gasteiger charge is -2.03. The molecule has 1 rings (SSSR count). The molecule has 62 valence electrons. The summed E-state index contributed by atoms with van der Waals surface area (Å²) in [4.78, 5) is 0.498. The van der Waals surface area contributed by atoms with E-state index in [1.165, 1.54) is 0 Å². The summed E-state index contributed by atoms with van der Waals surface area (Å²) in [7, 11) is 0. The highest BCUT2D eigenvalue weighted by Gasteiger charge is 2.03. The van der Waals surface area contributed by atoms with Gasteiger partial charge in [0.2, 0.25) is 0 Å². The summed E-state index contributed by atoms with van der Waals surface area (Å²) in [5.41, 5.74) is 0.668. The Bertz CT molecular complexity index is 222. The zero-order valence-corrected chi connectivity index (χ0v) is 6.74. The third-order valence-electron chi connectivity index (χ3n) is 1.69. The molecule has 11 heavy (non-hydrogen) atoms. The van der Waals surface area contributed by atoms with Crippen molar-refractivity contribution in [2.75, 3.05) is 0 Å². The highest BCUT2D eigenvalue weighted by Crippen LogP contribution is 2.06. The number of hydrogen-bond acceptors (Lipinski definition) is 3. The standard InChI is InChI=1S/C7H12N2O2/c1-3-6(2)4-7-5-9(10)11-8-7/h6,10H,3-4H2,1-2H3. The Labute approximate surface area is 65.4 Å².